The van der Waals surface area contributed by atoms with Gasteiger partial charge in [0.15, 0.2) is 0 Å². The lowest BCUT2D eigenvalue weighted by atomic mass is 10.1. The molecular formula is C26H50O2. The number of rotatable bonds is 22. The number of allylic oxidation sites excluding steroid dienone is 2. The summed E-state index contributed by atoms with van der Waals surface area (Å²) < 4.78 is 5.32. The minimum atomic E-state index is 0.00393. The van der Waals surface area contributed by atoms with E-state index in [4.69, 9.17) is 4.74 Å². The maximum atomic E-state index is 11.6. The van der Waals surface area contributed by atoms with Gasteiger partial charge in [-0.15, -0.1) is 0 Å². The summed E-state index contributed by atoms with van der Waals surface area (Å²) in [6, 6.07) is 0. The van der Waals surface area contributed by atoms with Crippen molar-refractivity contribution >= 4 is 5.97 Å². The predicted molar refractivity (Wildman–Crippen MR) is 124 cm³/mol. The zero-order valence-corrected chi connectivity index (χ0v) is 19.3. The third-order valence-electron chi connectivity index (χ3n) is 5.40. The highest BCUT2D eigenvalue weighted by Gasteiger charge is 2.02. The Labute approximate surface area is 176 Å². The highest BCUT2D eigenvalue weighted by atomic mass is 16.5. The molecule has 0 amide bonds. The number of hydrogen-bond acceptors (Lipinski definition) is 2. The topological polar surface area (TPSA) is 26.3 Å². The standard InChI is InChI=1S/C26H50O2/c1-3-5-7-9-10-11-12-13-14-15-16-17-18-19-21-23-25-28-26(27)24-22-20-8-6-4-2/h13-14H,3-12,15-25H2,1-2H3. The van der Waals surface area contributed by atoms with Crippen molar-refractivity contribution < 1.29 is 9.53 Å². The number of hydrogen-bond donors (Lipinski definition) is 0. The maximum Gasteiger partial charge on any atom is 0.305 e. The van der Waals surface area contributed by atoms with E-state index in [1.165, 1.54) is 103 Å². The zero-order chi connectivity index (χ0) is 20.5. The molecule has 0 aromatic carbocycles. The molecule has 0 saturated carbocycles. The van der Waals surface area contributed by atoms with Gasteiger partial charge in [-0.25, -0.2) is 0 Å². The largest absolute Gasteiger partial charge is 0.466 e. The Morgan fingerprint density at radius 2 is 1.00 bits per heavy atom. The van der Waals surface area contributed by atoms with E-state index >= 15 is 0 Å². The fourth-order valence-corrected chi connectivity index (χ4v) is 3.48. The zero-order valence-electron chi connectivity index (χ0n) is 19.3. The van der Waals surface area contributed by atoms with Crippen molar-refractivity contribution in [2.45, 2.75) is 142 Å². The molecule has 2 heteroatoms. The summed E-state index contributed by atoms with van der Waals surface area (Å²) in [5, 5.41) is 0. The van der Waals surface area contributed by atoms with Gasteiger partial charge in [-0.05, 0) is 38.5 Å². The molecule has 166 valence electrons. The van der Waals surface area contributed by atoms with Crippen molar-refractivity contribution in [1.29, 1.82) is 0 Å². The Kier molecular flexibility index (Phi) is 23.6. The lowest BCUT2D eigenvalue weighted by molar-refractivity contribution is -0.143. The average molecular weight is 395 g/mol. The van der Waals surface area contributed by atoms with Gasteiger partial charge in [0.05, 0.1) is 6.61 Å². The monoisotopic (exact) mass is 394 g/mol. The van der Waals surface area contributed by atoms with E-state index in [2.05, 4.69) is 26.0 Å². The van der Waals surface area contributed by atoms with E-state index in [1.807, 2.05) is 0 Å². The van der Waals surface area contributed by atoms with E-state index < -0.39 is 0 Å². The van der Waals surface area contributed by atoms with Gasteiger partial charge in [0.1, 0.15) is 0 Å². The van der Waals surface area contributed by atoms with Crippen LogP contribution in [0.3, 0.4) is 0 Å². The molecule has 0 aromatic heterocycles. The Balaban J connectivity index is 3.17. The Morgan fingerprint density at radius 1 is 0.571 bits per heavy atom. The molecule has 0 atom stereocenters. The summed E-state index contributed by atoms with van der Waals surface area (Å²) >= 11 is 0. The second-order valence-corrected chi connectivity index (χ2v) is 8.32. The van der Waals surface area contributed by atoms with Crippen LogP contribution < -0.4 is 0 Å². The first-order valence-corrected chi connectivity index (χ1v) is 12.6. The Morgan fingerprint density at radius 3 is 1.54 bits per heavy atom. The summed E-state index contributed by atoms with van der Waals surface area (Å²) in [4.78, 5) is 11.6. The summed E-state index contributed by atoms with van der Waals surface area (Å²) in [5.74, 6) is 0.00393. The molecule has 0 aromatic rings. The van der Waals surface area contributed by atoms with Crippen molar-refractivity contribution in [2.24, 2.45) is 0 Å². The lowest BCUT2D eigenvalue weighted by Gasteiger charge is -2.05. The first kappa shape index (κ1) is 27.2. The number of ether oxygens (including phenoxy) is 1. The van der Waals surface area contributed by atoms with Crippen LogP contribution in [-0.4, -0.2) is 12.6 Å². The summed E-state index contributed by atoms with van der Waals surface area (Å²) in [7, 11) is 0. The first-order valence-electron chi connectivity index (χ1n) is 12.6. The number of carbonyl (C=O) groups excluding carboxylic acids is 1. The third-order valence-corrected chi connectivity index (χ3v) is 5.40. The maximum absolute atomic E-state index is 11.6. The molecule has 0 spiro atoms. The molecule has 0 aliphatic carbocycles. The number of unbranched alkanes of at least 4 members (excludes halogenated alkanes) is 16. The van der Waals surface area contributed by atoms with Gasteiger partial charge >= 0.3 is 5.97 Å². The van der Waals surface area contributed by atoms with E-state index in [0.29, 0.717) is 13.0 Å². The van der Waals surface area contributed by atoms with Crippen LogP contribution in [0.1, 0.15) is 142 Å². The van der Waals surface area contributed by atoms with E-state index in [0.717, 1.165) is 19.3 Å². The van der Waals surface area contributed by atoms with Crippen molar-refractivity contribution in [2.75, 3.05) is 6.61 Å². The quantitative estimate of drug-likeness (QED) is 0.104. The van der Waals surface area contributed by atoms with Crippen molar-refractivity contribution in [1.82, 2.24) is 0 Å². The van der Waals surface area contributed by atoms with Crippen LogP contribution in [0, 0.1) is 0 Å². The molecule has 0 fully saturated rings. The molecule has 0 unspecified atom stereocenters. The van der Waals surface area contributed by atoms with Gasteiger partial charge in [-0.1, -0.05) is 109 Å². The molecule has 0 bridgehead atoms. The highest BCUT2D eigenvalue weighted by Crippen LogP contribution is 2.10. The van der Waals surface area contributed by atoms with Gasteiger partial charge in [0, 0.05) is 6.42 Å². The van der Waals surface area contributed by atoms with E-state index in [1.54, 1.807) is 0 Å². The third kappa shape index (κ3) is 23.2. The van der Waals surface area contributed by atoms with Crippen LogP contribution in [0.4, 0.5) is 0 Å². The normalized spacial score (nSPS) is 11.4. The average Bonchev–Trinajstić information content (AvgIpc) is 2.70. The highest BCUT2D eigenvalue weighted by molar-refractivity contribution is 5.69. The van der Waals surface area contributed by atoms with Crippen LogP contribution in [-0.2, 0) is 9.53 Å². The van der Waals surface area contributed by atoms with Crippen LogP contribution in [0.15, 0.2) is 12.2 Å². The Hall–Kier alpha value is -0.790. The van der Waals surface area contributed by atoms with Crippen molar-refractivity contribution in [3.8, 4) is 0 Å². The molecule has 2 nitrogen and oxygen atoms in total. The molecule has 0 rings (SSSR count). The molecule has 0 saturated heterocycles. The molecule has 0 aliphatic rings. The Bertz CT molecular complexity index is 335. The lowest BCUT2D eigenvalue weighted by Crippen LogP contribution is -2.05. The minimum Gasteiger partial charge on any atom is -0.466 e. The SMILES string of the molecule is CCCCCCCCC=CCCCCCCCCOC(=O)CCCCCCC. The molecule has 28 heavy (non-hydrogen) atoms. The summed E-state index contributed by atoms with van der Waals surface area (Å²) in [6.45, 7) is 5.11. The van der Waals surface area contributed by atoms with Crippen LogP contribution in [0.5, 0.6) is 0 Å². The molecule has 0 radical (unpaired) electrons. The van der Waals surface area contributed by atoms with Crippen molar-refractivity contribution in [3.63, 3.8) is 0 Å². The predicted octanol–water partition coefficient (Wildman–Crippen LogP) is 8.93. The molecule has 0 heterocycles. The molecule has 0 N–H and O–H groups in total. The number of esters is 1. The molecular weight excluding hydrogens is 344 g/mol. The van der Waals surface area contributed by atoms with Crippen molar-refractivity contribution in [3.05, 3.63) is 12.2 Å². The summed E-state index contributed by atoms with van der Waals surface area (Å²) in [5.41, 5.74) is 0. The van der Waals surface area contributed by atoms with E-state index in [-0.39, 0.29) is 5.97 Å². The van der Waals surface area contributed by atoms with Gasteiger partial charge < -0.3 is 4.74 Å². The second kappa shape index (κ2) is 24.2. The van der Waals surface area contributed by atoms with Gasteiger partial charge in [-0.3, -0.25) is 4.79 Å². The second-order valence-electron chi connectivity index (χ2n) is 8.32. The first-order chi connectivity index (χ1) is 13.8. The van der Waals surface area contributed by atoms with Crippen LogP contribution >= 0.6 is 0 Å². The fraction of sp³-hybridized carbons (Fsp3) is 0.885. The van der Waals surface area contributed by atoms with Crippen LogP contribution in [0.2, 0.25) is 0 Å². The number of carbonyl (C=O) groups is 1. The van der Waals surface area contributed by atoms with Gasteiger partial charge in [-0.2, -0.15) is 0 Å². The smallest absolute Gasteiger partial charge is 0.305 e. The van der Waals surface area contributed by atoms with Crippen LogP contribution in [0.25, 0.3) is 0 Å². The summed E-state index contributed by atoms with van der Waals surface area (Å²) in [6.07, 6.45) is 29.6. The minimum absolute atomic E-state index is 0.00393. The molecule has 0 aliphatic heterocycles. The van der Waals surface area contributed by atoms with Gasteiger partial charge in [0.25, 0.3) is 0 Å². The van der Waals surface area contributed by atoms with E-state index in [9.17, 15) is 4.79 Å². The van der Waals surface area contributed by atoms with Gasteiger partial charge in [0.2, 0.25) is 0 Å². The fourth-order valence-electron chi connectivity index (χ4n) is 3.48.